The summed E-state index contributed by atoms with van der Waals surface area (Å²) in [5.74, 6) is 0.380. The third-order valence-corrected chi connectivity index (χ3v) is 6.08. The number of aromatic nitrogens is 1. The maximum absolute atomic E-state index is 12.8. The monoisotopic (exact) mass is 406 g/mol. The van der Waals surface area contributed by atoms with E-state index in [2.05, 4.69) is 4.98 Å². The van der Waals surface area contributed by atoms with E-state index in [1.54, 1.807) is 6.07 Å². The van der Waals surface area contributed by atoms with E-state index in [1.807, 2.05) is 0 Å². The largest absolute Gasteiger partial charge is 0.487 e. The Labute approximate surface area is 153 Å². The van der Waals surface area contributed by atoms with Crippen molar-refractivity contribution in [1.29, 1.82) is 0 Å². The van der Waals surface area contributed by atoms with E-state index in [4.69, 9.17) is 16.3 Å². The highest BCUT2D eigenvalue weighted by atomic mass is 35.5. The van der Waals surface area contributed by atoms with E-state index in [-0.39, 0.29) is 13.1 Å². The Bertz CT molecular complexity index is 906. The highest BCUT2D eigenvalue weighted by Crippen LogP contribution is 2.32. The maximum Gasteiger partial charge on any atom is 0.416 e. The van der Waals surface area contributed by atoms with Crippen molar-refractivity contribution in [1.82, 2.24) is 9.29 Å². The van der Waals surface area contributed by atoms with Gasteiger partial charge >= 0.3 is 6.18 Å². The molecule has 0 N–H and O–H groups in total. The normalized spacial score (nSPS) is 18.8. The van der Waals surface area contributed by atoms with Gasteiger partial charge in [0.25, 0.3) is 0 Å². The Morgan fingerprint density at radius 2 is 2.04 bits per heavy atom. The summed E-state index contributed by atoms with van der Waals surface area (Å²) in [6.45, 7) is 0.170. The van der Waals surface area contributed by atoms with Crippen molar-refractivity contribution in [2.75, 3.05) is 13.1 Å². The number of halogens is 4. The van der Waals surface area contributed by atoms with Gasteiger partial charge in [-0.3, -0.25) is 4.98 Å². The molecule has 1 aromatic carbocycles. The minimum Gasteiger partial charge on any atom is -0.487 e. The molecule has 10 heteroatoms. The van der Waals surface area contributed by atoms with E-state index < -0.39 is 32.8 Å². The molecule has 0 aliphatic carbocycles. The number of pyridine rings is 1. The van der Waals surface area contributed by atoms with E-state index in [0.717, 1.165) is 22.5 Å². The van der Waals surface area contributed by atoms with Crippen LogP contribution in [0.2, 0.25) is 5.02 Å². The first-order chi connectivity index (χ1) is 12.2. The van der Waals surface area contributed by atoms with E-state index in [9.17, 15) is 21.6 Å². The van der Waals surface area contributed by atoms with Crippen LogP contribution in [0.4, 0.5) is 13.2 Å². The lowest BCUT2D eigenvalue weighted by Gasteiger charge is -2.18. The van der Waals surface area contributed by atoms with Crippen molar-refractivity contribution >= 4 is 21.6 Å². The maximum atomic E-state index is 12.8. The molecule has 2 aromatic rings. The summed E-state index contributed by atoms with van der Waals surface area (Å²) in [7, 11) is -4.05. The predicted octanol–water partition coefficient (Wildman–Crippen LogP) is 3.60. The Hall–Kier alpha value is -1.84. The van der Waals surface area contributed by atoms with Crippen LogP contribution in [0, 0.1) is 0 Å². The molecule has 26 heavy (non-hydrogen) atoms. The number of hydrogen-bond donors (Lipinski definition) is 0. The van der Waals surface area contributed by atoms with Crippen molar-refractivity contribution in [2.24, 2.45) is 0 Å². The predicted molar refractivity (Wildman–Crippen MR) is 88.5 cm³/mol. The molecule has 3 rings (SSSR count). The molecule has 1 atom stereocenters. The van der Waals surface area contributed by atoms with Gasteiger partial charge in [0.1, 0.15) is 16.9 Å². The van der Waals surface area contributed by atoms with Crippen LogP contribution in [0.5, 0.6) is 5.75 Å². The molecule has 1 aliphatic heterocycles. The number of benzene rings is 1. The number of rotatable bonds is 4. The van der Waals surface area contributed by atoms with Gasteiger partial charge in [-0.05, 0) is 24.6 Å². The fourth-order valence-electron chi connectivity index (χ4n) is 2.63. The average Bonchev–Trinajstić information content (AvgIpc) is 3.06. The zero-order chi connectivity index (χ0) is 18.9. The number of hydrogen-bond acceptors (Lipinski definition) is 4. The topological polar surface area (TPSA) is 59.5 Å². The van der Waals surface area contributed by atoms with Crippen molar-refractivity contribution in [3.63, 3.8) is 0 Å². The summed E-state index contributed by atoms with van der Waals surface area (Å²) in [5, 5.41) is 0.298. The van der Waals surface area contributed by atoms with Gasteiger partial charge in [0, 0.05) is 25.0 Å². The van der Waals surface area contributed by atoms with E-state index >= 15 is 0 Å². The first kappa shape index (κ1) is 18.9. The van der Waals surface area contributed by atoms with Gasteiger partial charge in [0.15, 0.2) is 0 Å². The number of nitrogens with zero attached hydrogens (tertiary/aromatic N) is 2. The van der Waals surface area contributed by atoms with Gasteiger partial charge in [0.2, 0.25) is 10.0 Å². The van der Waals surface area contributed by atoms with Gasteiger partial charge in [-0.2, -0.15) is 17.5 Å². The molecule has 140 valence electrons. The molecule has 1 aromatic heterocycles. The fourth-order valence-corrected chi connectivity index (χ4v) is 4.33. The average molecular weight is 407 g/mol. The zero-order valence-electron chi connectivity index (χ0n) is 13.3. The summed E-state index contributed by atoms with van der Waals surface area (Å²) in [6, 6.07) is 5.27. The van der Waals surface area contributed by atoms with Crippen molar-refractivity contribution < 1.29 is 26.3 Å². The second-order valence-electron chi connectivity index (χ2n) is 5.72. The smallest absolute Gasteiger partial charge is 0.416 e. The molecular weight excluding hydrogens is 393 g/mol. The highest BCUT2D eigenvalue weighted by Gasteiger charge is 2.36. The van der Waals surface area contributed by atoms with Crippen LogP contribution in [0.3, 0.4) is 0 Å². The van der Waals surface area contributed by atoms with Crippen molar-refractivity contribution in [2.45, 2.75) is 23.6 Å². The Morgan fingerprint density at radius 1 is 1.27 bits per heavy atom. The summed E-state index contributed by atoms with van der Waals surface area (Å²) < 4.78 is 70.6. The Morgan fingerprint density at radius 3 is 2.73 bits per heavy atom. The molecule has 0 amide bonds. The Balaban J connectivity index is 1.76. The summed E-state index contributed by atoms with van der Waals surface area (Å²) in [4.78, 5) is 3.44. The van der Waals surface area contributed by atoms with Crippen molar-refractivity contribution in [3.8, 4) is 5.75 Å². The molecule has 0 bridgehead atoms. The van der Waals surface area contributed by atoms with Crippen LogP contribution in [0.25, 0.3) is 0 Å². The number of sulfonamides is 1. The van der Waals surface area contributed by atoms with E-state index in [0.29, 0.717) is 23.3 Å². The summed E-state index contributed by atoms with van der Waals surface area (Å²) in [5.41, 5.74) is -1.01. The third kappa shape index (κ3) is 3.94. The molecule has 0 spiro atoms. The van der Waals surface area contributed by atoms with E-state index in [1.165, 1.54) is 12.4 Å². The minimum absolute atomic E-state index is 0.0250. The molecule has 0 radical (unpaired) electrons. The third-order valence-electron chi connectivity index (χ3n) is 3.94. The molecule has 1 unspecified atom stereocenters. The Kier molecular flexibility index (Phi) is 5.14. The van der Waals surface area contributed by atoms with Crippen LogP contribution in [0.15, 0.2) is 47.6 Å². The summed E-state index contributed by atoms with van der Waals surface area (Å²) >= 11 is 5.96. The zero-order valence-corrected chi connectivity index (χ0v) is 14.9. The lowest BCUT2D eigenvalue weighted by Crippen LogP contribution is -2.31. The van der Waals surface area contributed by atoms with Gasteiger partial charge < -0.3 is 4.74 Å². The van der Waals surface area contributed by atoms with Crippen LogP contribution in [0.1, 0.15) is 12.0 Å². The first-order valence-corrected chi connectivity index (χ1v) is 9.43. The molecular formula is C16H14ClF3N2O3S. The second kappa shape index (κ2) is 7.05. The lowest BCUT2D eigenvalue weighted by atomic mass is 10.2. The second-order valence-corrected chi connectivity index (χ2v) is 8.07. The standard InChI is InChI=1S/C16H14ClF3N2O3S/c17-14-9-21-6-4-15(14)25-12-5-7-22(10-12)26(23,24)13-3-1-2-11(8-13)16(18,19)20/h1-4,6,8-9,12H,5,7,10H2. The molecule has 1 aliphatic rings. The van der Waals surface area contributed by atoms with Crippen LogP contribution < -0.4 is 4.74 Å². The molecule has 5 nitrogen and oxygen atoms in total. The number of alkyl halides is 3. The minimum atomic E-state index is -4.61. The highest BCUT2D eigenvalue weighted by molar-refractivity contribution is 7.89. The van der Waals surface area contributed by atoms with Gasteiger partial charge in [0.05, 0.1) is 17.0 Å². The van der Waals surface area contributed by atoms with Crippen molar-refractivity contribution in [3.05, 3.63) is 53.3 Å². The first-order valence-electron chi connectivity index (χ1n) is 7.61. The molecule has 0 saturated carbocycles. The van der Waals surface area contributed by atoms with Gasteiger partial charge in [-0.15, -0.1) is 0 Å². The van der Waals surface area contributed by atoms with Gasteiger partial charge in [-0.1, -0.05) is 17.7 Å². The quantitative estimate of drug-likeness (QED) is 0.778. The lowest BCUT2D eigenvalue weighted by molar-refractivity contribution is -0.137. The van der Waals surface area contributed by atoms with Gasteiger partial charge in [-0.25, -0.2) is 8.42 Å². The summed E-state index contributed by atoms with van der Waals surface area (Å²) in [6.07, 6.45) is -1.76. The fraction of sp³-hybridized carbons (Fsp3) is 0.312. The van der Waals surface area contributed by atoms with Crippen LogP contribution >= 0.6 is 11.6 Å². The SMILES string of the molecule is O=S(=O)(c1cccc(C(F)(F)F)c1)N1CCC(Oc2ccncc2Cl)C1. The molecule has 1 saturated heterocycles. The molecule has 1 fully saturated rings. The van der Waals surface area contributed by atoms with Crippen LogP contribution in [-0.2, 0) is 16.2 Å². The molecule has 2 heterocycles. The number of ether oxygens (including phenoxy) is 1. The van der Waals surface area contributed by atoms with Crippen LogP contribution in [-0.4, -0.2) is 36.9 Å².